The third kappa shape index (κ3) is 2.07. The molecule has 0 aliphatic rings. The molecule has 0 aliphatic carbocycles. The van der Waals surface area contributed by atoms with Gasteiger partial charge in [0.2, 0.25) is 0 Å². The van der Waals surface area contributed by atoms with Crippen molar-refractivity contribution in [1.82, 2.24) is 0 Å². The third-order valence-electron chi connectivity index (χ3n) is 2.64. The maximum Gasteiger partial charge on any atom is 0.106 e. The van der Waals surface area contributed by atoms with E-state index in [0.29, 0.717) is 0 Å². The Morgan fingerprint density at radius 1 is 0.938 bits per heavy atom. The van der Waals surface area contributed by atoms with Crippen LogP contribution in [0.3, 0.4) is 0 Å². The summed E-state index contributed by atoms with van der Waals surface area (Å²) in [5.74, 6) is 0. The molecule has 0 saturated carbocycles. The Hall–Kier alpha value is -1.80. The second kappa shape index (κ2) is 4.81. The van der Waals surface area contributed by atoms with E-state index in [1.165, 1.54) is 0 Å². The van der Waals surface area contributed by atoms with E-state index < -0.39 is 6.10 Å². The Morgan fingerprint density at radius 3 is 2.25 bits per heavy atom. The van der Waals surface area contributed by atoms with E-state index in [4.69, 9.17) is 0 Å². The van der Waals surface area contributed by atoms with E-state index in [0.717, 1.165) is 16.8 Å². The highest BCUT2D eigenvalue weighted by molar-refractivity contribution is 5.53. The van der Waals surface area contributed by atoms with Crippen LogP contribution in [0.25, 0.3) is 0 Å². The maximum atomic E-state index is 10.3. The van der Waals surface area contributed by atoms with Crippen molar-refractivity contribution in [3.05, 3.63) is 65.7 Å². The topological polar surface area (TPSA) is 32.3 Å². The number of hydrogen-bond donors (Lipinski definition) is 2. The summed E-state index contributed by atoms with van der Waals surface area (Å²) in [5.41, 5.74) is 2.76. The molecule has 2 aromatic rings. The van der Waals surface area contributed by atoms with E-state index in [-0.39, 0.29) is 0 Å². The molecule has 0 radical (unpaired) electrons. The van der Waals surface area contributed by atoms with Crippen LogP contribution in [-0.2, 0) is 0 Å². The fourth-order valence-corrected chi connectivity index (χ4v) is 1.78. The summed E-state index contributed by atoms with van der Waals surface area (Å²) in [7, 11) is 1.86. The number of hydrogen-bond acceptors (Lipinski definition) is 2. The van der Waals surface area contributed by atoms with Crippen molar-refractivity contribution >= 4 is 5.69 Å². The van der Waals surface area contributed by atoms with Gasteiger partial charge in [0.25, 0.3) is 0 Å². The fourth-order valence-electron chi connectivity index (χ4n) is 1.78. The van der Waals surface area contributed by atoms with Crippen molar-refractivity contribution in [2.24, 2.45) is 0 Å². The van der Waals surface area contributed by atoms with Crippen LogP contribution >= 0.6 is 0 Å². The van der Waals surface area contributed by atoms with Gasteiger partial charge in [-0.3, -0.25) is 0 Å². The normalized spacial score (nSPS) is 12.1. The van der Waals surface area contributed by atoms with Gasteiger partial charge in [-0.2, -0.15) is 0 Å². The molecule has 2 N–H and O–H groups in total. The van der Waals surface area contributed by atoms with Crippen LogP contribution in [0.15, 0.2) is 54.6 Å². The second-order valence-corrected chi connectivity index (χ2v) is 3.65. The first kappa shape index (κ1) is 10.7. The molecule has 0 amide bonds. The standard InChI is InChI=1S/C14H15NO/c1-15-13-10-6-5-9-12(13)14(16)11-7-3-2-4-8-11/h2-10,14-16H,1H3. The van der Waals surface area contributed by atoms with Crippen molar-refractivity contribution < 1.29 is 5.11 Å². The molecule has 0 spiro atoms. The van der Waals surface area contributed by atoms with Gasteiger partial charge in [-0.25, -0.2) is 0 Å². The number of aliphatic hydroxyl groups is 1. The smallest absolute Gasteiger partial charge is 0.106 e. The summed E-state index contributed by atoms with van der Waals surface area (Å²) in [6.07, 6.45) is -0.579. The van der Waals surface area contributed by atoms with Crippen LogP contribution in [0, 0.1) is 0 Å². The van der Waals surface area contributed by atoms with Gasteiger partial charge < -0.3 is 10.4 Å². The highest BCUT2D eigenvalue weighted by atomic mass is 16.3. The zero-order valence-electron chi connectivity index (χ0n) is 9.22. The van der Waals surface area contributed by atoms with Gasteiger partial charge in [-0.1, -0.05) is 48.5 Å². The summed E-state index contributed by atoms with van der Waals surface area (Å²) in [4.78, 5) is 0. The SMILES string of the molecule is CNc1ccccc1C(O)c1ccccc1. The minimum Gasteiger partial charge on any atom is -0.388 e. The molecule has 2 rings (SSSR count). The van der Waals surface area contributed by atoms with Crippen LogP contribution in [0.1, 0.15) is 17.2 Å². The van der Waals surface area contributed by atoms with Gasteiger partial charge in [-0.05, 0) is 11.6 Å². The monoisotopic (exact) mass is 213 g/mol. The molecule has 0 fully saturated rings. The van der Waals surface area contributed by atoms with E-state index in [2.05, 4.69) is 5.32 Å². The van der Waals surface area contributed by atoms with Gasteiger partial charge in [0.1, 0.15) is 6.10 Å². The number of nitrogens with one attached hydrogen (secondary N) is 1. The zero-order chi connectivity index (χ0) is 11.4. The van der Waals surface area contributed by atoms with Crippen molar-refractivity contribution in [1.29, 1.82) is 0 Å². The molecule has 0 saturated heterocycles. The summed E-state index contributed by atoms with van der Waals surface area (Å²) in [6.45, 7) is 0. The summed E-state index contributed by atoms with van der Waals surface area (Å²) >= 11 is 0. The van der Waals surface area contributed by atoms with Crippen molar-refractivity contribution in [3.63, 3.8) is 0 Å². The molecule has 82 valence electrons. The van der Waals surface area contributed by atoms with Crippen LogP contribution in [-0.4, -0.2) is 12.2 Å². The van der Waals surface area contributed by atoms with E-state index in [1.807, 2.05) is 61.6 Å². The lowest BCUT2D eigenvalue weighted by molar-refractivity contribution is 0.221. The average molecular weight is 213 g/mol. The maximum absolute atomic E-state index is 10.3. The van der Waals surface area contributed by atoms with Crippen LogP contribution in [0.5, 0.6) is 0 Å². The van der Waals surface area contributed by atoms with Crippen LogP contribution in [0.2, 0.25) is 0 Å². The number of anilines is 1. The average Bonchev–Trinajstić information content (AvgIpc) is 2.39. The number of benzene rings is 2. The predicted molar refractivity (Wildman–Crippen MR) is 66.5 cm³/mol. The van der Waals surface area contributed by atoms with Crippen molar-refractivity contribution in [2.45, 2.75) is 6.10 Å². The van der Waals surface area contributed by atoms with E-state index in [1.54, 1.807) is 0 Å². The third-order valence-corrected chi connectivity index (χ3v) is 2.64. The van der Waals surface area contributed by atoms with Crippen LogP contribution < -0.4 is 5.32 Å². The lowest BCUT2D eigenvalue weighted by Crippen LogP contribution is -2.03. The van der Waals surface area contributed by atoms with Gasteiger partial charge in [0, 0.05) is 18.3 Å². The summed E-state index contributed by atoms with van der Waals surface area (Å²) in [6, 6.07) is 17.4. The lowest BCUT2D eigenvalue weighted by atomic mass is 10.00. The molecule has 16 heavy (non-hydrogen) atoms. The predicted octanol–water partition coefficient (Wildman–Crippen LogP) is 2.81. The Balaban J connectivity index is 2.37. The van der Waals surface area contributed by atoms with Gasteiger partial charge in [-0.15, -0.1) is 0 Å². The molecule has 1 atom stereocenters. The van der Waals surface area contributed by atoms with E-state index >= 15 is 0 Å². The van der Waals surface area contributed by atoms with Crippen molar-refractivity contribution in [2.75, 3.05) is 12.4 Å². The molecule has 1 unspecified atom stereocenters. The number of para-hydroxylation sites is 1. The first-order chi connectivity index (χ1) is 7.83. The minimum absolute atomic E-state index is 0.579. The molecule has 2 nitrogen and oxygen atoms in total. The summed E-state index contributed by atoms with van der Waals surface area (Å²) in [5, 5.41) is 13.4. The minimum atomic E-state index is -0.579. The van der Waals surface area contributed by atoms with Crippen LogP contribution in [0.4, 0.5) is 5.69 Å². The van der Waals surface area contributed by atoms with Gasteiger partial charge >= 0.3 is 0 Å². The van der Waals surface area contributed by atoms with Gasteiger partial charge in [0.05, 0.1) is 0 Å². The first-order valence-corrected chi connectivity index (χ1v) is 5.32. The molecule has 2 aromatic carbocycles. The molecule has 0 heterocycles. The number of rotatable bonds is 3. The van der Waals surface area contributed by atoms with E-state index in [9.17, 15) is 5.11 Å². The quantitative estimate of drug-likeness (QED) is 0.821. The largest absolute Gasteiger partial charge is 0.388 e. The molecule has 0 aromatic heterocycles. The first-order valence-electron chi connectivity index (χ1n) is 5.32. The van der Waals surface area contributed by atoms with Crippen molar-refractivity contribution in [3.8, 4) is 0 Å². The fraction of sp³-hybridized carbons (Fsp3) is 0.143. The molecular formula is C14H15NO. The van der Waals surface area contributed by atoms with Gasteiger partial charge in [0.15, 0.2) is 0 Å². The highest BCUT2D eigenvalue weighted by Crippen LogP contribution is 2.27. The Kier molecular flexibility index (Phi) is 3.22. The molecule has 0 bridgehead atoms. The Bertz CT molecular complexity index is 453. The zero-order valence-corrected chi connectivity index (χ0v) is 9.22. The molecular weight excluding hydrogens is 198 g/mol. The Morgan fingerprint density at radius 2 is 1.56 bits per heavy atom. The highest BCUT2D eigenvalue weighted by Gasteiger charge is 2.12. The second-order valence-electron chi connectivity index (χ2n) is 3.65. The molecule has 0 aliphatic heterocycles. The number of aliphatic hydroxyl groups excluding tert-OH is 1. The molecule has 2 heteroatoms. The summed E-state index contributed by atoms with van der Waals surface area (Å²) < 4.78 is 0. The lowest BCUT2D eigenvalue weighted by Gasteiger charge is -2.15. The Labute approximate surface area is 95.6 Å².